The molecule has 1 atom stereocenters. The quantitative estimate of drug-likeness (QED) is 0.358. The standard InChI is InChI=1S/C24H18BrClN2O5S/c1-12-20(23(31)32-3)21(16-6-4-5-7-17(16)26)28-22(30)19(34-24(28)27-12)11-14-10-15(25)8-9-18(14)33-13(2)29/h4-11,21H,1-3H3. The first-order chi connectivity index (χ1) is 16.2. The number of hydrogen-bond donors (Lipinski definition) is 0. The molecule has 0 saturated carbocycles. The Kier molecular flexibility index (Phi) is 6.88. The highest BCUT2D eigenvalue weighted by Crippen LogP contribution is 2.34. The second-order valence-electron chi connectivity index (χ2n) is 7.37. The number of esters is 2. The molecular formula is C24H18BrClN2O5S. The van der Waals surface area contributed by atoms with Crippen molar-refractivity contribution in [2.24, 2.45) is 4.99 Å². The van der Waals surface area contributed by atoms with E-state index in [4.69, 9.17) is 21.1 Å². The van der Waals surface area contributed by atoms with E-state index in [1.807, 2.05) is 0 Å². The zero-order valence-electron chi connectivity index (χ0n) is 18.3. The van der Waals surface area contributed by atoms with Crippen LogP contribution in [0.25, 0.3) is 6.08 Å². The SMILES string of the molecule is COC(=O)C1=C(C)N=c2sc(=Cc3cc(Br)ccc3OC(C)=O)c(=O)n2C1c1ccccc1Cl. The molecule has 0 spiro atoms. The molecule has 1 aliphatic rings. The van der Waals surface area contributed by atoms with Crippen LogP contribution in [0, 0.1) is 0 Å². The number of nitrogens with zero attached hydrogens (tertiary/aromatic N) is 2. The average Bonchev–Trinajstić information content (AvgIpc) is 3.09. The minimum absolute atomic E-state index is 0.234. The first kappa shape index (κ1) is 24.1. The van der Waals surface area contributed by atoms with E-state index >= 15 is 0 Å². The summed E-state index contributed by atoms with van der Waals surface area (Å²) in [6.45, 7) is 3.00. The van der Waals surface area contributed by atoms with Crippen molar-refractivity contribution in [1.82, 2.24) is 4.57 Å². The summed E-state index contributed by atoms with van der Waals surface area (Å²) < 4.78 is 12.8. The van der Waals surface area contributed by atoms with E-state index in [0.717, 1.165) is 15.8 Å². The summed E-state index contributed by atoms with van der Waals surface area (Å²) in [6.07, 6.45) is 1.63. The zero-order valence-corrected chi connectivity index (χ0v) is 21.5. The van der Waals surface area contributed by atoms with E-state index in [1.54, 1.807) is 55.5 Å². The van der Waals surface area contributed by atoms with Crippen LogP contribution in [0.1, 0.15) is 31.0 Å². The predicted octanol–water partition coefficient (Wildman–Crippen LogP) is 3.75. The number of thiazole rings is 1. The second kappa shape index (κ2) is 9.69. The number of rotatable bonds is 4. The summed E-state index contributed by atoms with van der Waals surface area (Å²) in [5.41, 5.74) is 1.42. The molecule has 0 fully saturated rings. The lowest BCUT2D eigenvalue weighted by atomic mass is 9.96. The van der Waals surface area contributed by atoms with Crippen molar-refractivity contribution in [2.75, 3.05) is 7.11 Å². The van der Waals surface area contributed by atoms with Crippen molar-refractivity contribution in [3.05, 3.63) is 94.0 Å². The zero-order chi connectivity index (χ0) is 24.6. The first-order valence-electron chi connectivity index (χ1n) is 10.0. The molecule has 1 aromatic heterocycles. The van der Waals surface area contributed by atoms with Crippen LogP contribution in [0.15, 0.2) is 68.0 Å². The minimum atomic E-state index is -0.810. The van der Waals surface area contributed by atoms with Crippen LogP contribution in [0.3, 0.4) is 0 Å². The number of allylic oxidation sites excluding steroid dienone is 1. The van der Waals surface area contributed by atoms with Crippen molar-refractivity contribution >= 4 is 56.9 Å². The Bertz CT molecular complexity index is 1540. The average molecular weight is 562 g/mol. The molecule has 2 heterocycles. The number of benzene rings is 2. The second-order valence-corrected chi connectivity index (χ2v) is 9.70. The van der Waals surface area contributed by atoms with E-state index in [0.29, 0.717) is 36.9 Å². The van der Waals surface area contributed by atoms with Crippen LogP contribution in [-0.2, 0) is 14.3 Å². The number of aromatic nitrogens is 1. The van der Waals surface area contributed by atoms with Crippen LogP contribution in [0.4, 0.5) is 0 Å². The highest BCUT2D eigenvalue weighted by atomic mass is 79.9. The number of hydrogen-bond acceptors (Lipinski definition) is 7. The third-order valence-corrected chi connectivity index (χ3v) is 6.96. The number of halogens is 2. The molecule has 0 radical (unpaired) electrons. The Morgan fingerprint density at radius 1 is 1.24 bits per heavy atom. The lowest BCUT2D eigenvalue weighted by Gasteiger charge is -2.25. The fourth-order valence-electron chi connectivity index (χ4n) is 3.70. The molecular weight excluding hydrogens is 544 g/mol. The van der Waals surface area contributed by atoms with Crippen molar-refractivity contribution in [1.29, 1.82) is 0 Å². The largest absolute Gasteiger partial charge is 0.466 e. The number of carbonyl (C=O) groups is 2. The van der Waals surface area contributed by atoms with Gasteiger partial charge in [-0.2, -0.15) is 0 Å². The van der Waals surface area contributed by atoms with Gasteiger partial charge in [0, 0.05) is 22.0 Å². The summed E-state index contributed by atoms with van der Waals surface area (Å²) in [5.74, 6) is -0.754. The van der Waals surface area contributed by atoms with Crippen LogP contribution in [0.2, 0.25) is 5.02 Å². The maximum atomic E-state index is 13.6. The number of methoxy groups -OCH3 is 1. The molecule has 0 aliphatic carbocycles. The number of carbonyl (C=O) groups excluding carboxylic acids is 2. The molecule has 0 saturated heterocycles. The van der Waals surface area contributed by atoms with Gasteiger partial charge >= 0.3 is 11.9 Å². The minimum Gasteiger partial charge on any atom is -0.466 e. The van der Waals surface area contributed by atoms with E-state index < -0.39 is 18.0 Å². The van der Waals surface area contributed by atoms with Gasteiger partial charge in [-0.25, -0.2) is 9.79 Å². The van der Waals surface area contributed by atoms with Gasteiger partial charge in [0.25, 0.3) is 5.56 Å². The monoisotopic (exact) mass is 560 g/mol. The third-order valence-electron chi connectivity index (χ3n) is 5.14. The Hall–Kier alpha value is -3.01. The number of fused-ring (bicyclic) bond motifs is 1. The van der Waals surface area contributed by atoms with Gasteiger partial charge in [0.15, 0.2) is 4.80 Å². The van der Waals surface area contributed by atoms with Crippen molar-refractivity contribution in [3.8, 4) is 5.75 Å². The van der Waals surface area contributed by atoms with Crippen LogP contribution < -0.4 is 19.6 Å². The van der Waals surface area contributed by atoms with Crippen LogP contribution in [-0.4, -0.2) is 23.6 Å². The van der Waals surface area contributed by atoms with Gasteiger partial charge in [-0.3, -0.25) is 14.2 Å². The van der Waals surface area contributed by atoms with Gasteiger partial charge in [-0.1, -0.05) is 57.1 Å². The lowest BCUT2D eigenvalue weighted by Crippen LogP contribution is -2.39. The van der Waals surface area contributed by atoms with Crippen LogP contribution >= 0.6 is 38.9 Å². The van der Waals surface area contributed by atoms with Crippen molar-refractivity contribution < 1.29 is 19.1 Å². The smallest absolute Gasteiger partial charge is 0.338 e. The maximum Gasteiger partial charge on any atom is 0.338 e. The Balaban J connectivity index is 2.00. The fourth-order valence-corrected chi connectivity index (χ4v) is 5.36. The topological polar surface area (TPSA) is 87.0 Å². The highest BCUT2D eigenvalue weighted by molar-refractivity contribution is 9.10. The van der Waals surface area contributed by atoms with Crippen molar-refractivity contribution in [2.45, 2.75) is 19.9 Å². The molecule has 0 N–H and O–H groups in total. The third kappa shape index (κ3) is 4.51. The van der Waals surface area contributed by atoms with E-state index in [1.165, 1.54) is 18.6 Å². The Morgan fingerprint density at radius 2 is 1.97 bits per heavy atom. The normalized spacial score (nSPS) is 15.6. The van der Waals surface area contributed by atoms with Gasteiger partial charge < -0.3 is 9.47 Å². The predicted molar refractivity (Wildman–Crippen MR) is 133 cm³/mol. The molecule has 3 aromatic rings. The molecule has 10 heteroatoms. The van der Waals surface area contributed by atoms with E-state index in [9.17, 15) is 14.4 Å². The molecule has 4 rings (SSSR count). The Morgan fingerprint density at radius 3 is 2.65 bits per heavy atom. The molecule has 1 unspecified atom stereocenters. The highest BCUT2D eigenvalue weighted by Gasteiger charge is 2.34. The summed E-state index contributed by atoms with van der Waals surface area (Å²) in [4.78, 5) is 42.8. The van der Waals surface area contributed by atoms with Crippen LogP contribution in [0.5, 0.6) is 5.75 Å². The molecule has 174 valence electrons. The van der Waals surface area contributed by atoms with Gasteiger partial charge in [-0.15, -0.1) is 0 Å². The lowest BCUT2D eigenvalue weighted by molar-refractivity contribution is -0.136. The summed E-state index contributed by atoms with van der Waals surface area (Å²) in [7, 11) is 1.28. The van der Waals surface area contributed by atoms with E-state index in [-0.39, 0.29) is 11.1 Å². The van der Waals surface area contributed by atoms with Gasteiger partial charge in [0.1, 0.15) is 11.8 Å². The first-order valence-corrected chi connectivity index (χ1v) is 12.0. The summed E-state index contributed by atoms with van der Waals surface area (Å²) >= 11 is 11.1. The molecule has 0 bridgehead atoms. The molecule has 34 heavy (non-hydrogen) atoms. The molecule has 7 nitrogen and oxygen atoms in total. The Labute approximate surface area is 211 Å². The molecule has 0 amide bonds. The van der Waals surface area contributed by atoms with Gasteiger partial charge in [0.05, 0.1) is 22.9 Å². The fraction of sp³-hybridized carbons (Fsp3) is 0.167. The summed E-state index contributed by atoms with van der Waals surface area (Å²) in [5, 5.41) is 0.405. The molecule has 2 aromatic carbocycles. The number of ether oxygens (including phenoxy) is 2. The van der Waals surface area contributed by atoms with Crippen molar-refractivity contribution in [3.63, 3.8) is 0 Å². The van der Waals surface area contributed by atoms with E-state index in [2.05, 4.69) is 20.9 Å². The maximum absolute atomic E-state index is 13.6. The molecule has 1 aliphatic heterocycles. The van der Waals surface area contributed by atoms with Gasteiger partial charge in [-0.05, 0) is 42.8 Å². The van der Waals surface area contributed by atoms with Gasteiger partial charge in [0.2, 0.25) is 0 Å². The summed E-state index contributed by atoms with van der Waals surface area (Å²) in [6, 6.07) is 11.3.